The molecule has 0 fully saturated rings. The molecular formula is C32H45N7O2. The lowest BCUT2D eigenvalue weighted by atomic mass is 9.87. The Kier molecular flexibility index (Phi) is 9.69. The summed E-state index contributed by atoms with van der Waals surface area (Å²) in [5.74, 6) is 7.39. The van der Waals surface area contributed by atoms with Crippen LogP contribution in [0, 0.1) is 11.8 Å². The van der Waals surface area contributed by atoms with Crippen LogP contribution in [0.15, 0.2) is 36.8 Å². The van der Waals surface area contributed by atoms with Crippen LogP contribution in [-0.4, -0.2) is 71.0 Å². The Labute approximate surface area is 243 Å². The fraction of sp³-hybridized carbons (Fsp3) is 0.531. The number of nitrogens with zero attached hydrogens (tertiary/aromatic N) is 5. The van der Waals surface area contributed by atoms with Gasteiger partial charge in [-0.05, 0) is 68.8 Å². The van der Waals surface area contributed by atoms with E-state index in [2.05, 4.69) is 84.5 Å². The van der Waals surface area contributed by atoms with E-state index >= 15 is 0 Å². The summed E-state index contributed by atoms with van der Waals surface area (Å²) >= 11 is 0. The van der Waals surface area contributed by atoms with Crippen LogP contribution in [0.3, 0.4) is 0 Å². The number of nitrogens with one attached hydrogen (secondary N) is 1. The predicted molar refractivity (Wildman–Crippen MR) is 165 cm³/mol. The number of rotatable bonds is 11. The summed E-state index contributed by atoms with van der Waals surface area (Å²) in [6.07, 6.45) is 4.48. The summed E-state index contributed by atoms with van der Waals surface area (Å²) in [6.45, 7) is 14.3. The van der Waals surface area contributed by atoms with Gasteiger partial charge in [-0.15, -0.1) is 0 Å². The molecule has 0 bridgehead atoms. The Morgan fingerprint density at radius 2 is 1.90 bits per heavy atom. The molecule has 220 valence electrons. The molecule has 9 nitrogen and oxygen atoms in total. The number of hydrogen-bond acceptors (Lipinski definition) is 7. The van der Waals surface area contributed by atoms with E-state index in [0.717, 1.165) is 48.1 Å². The molecule has 0 saturated heterocycles. The Balaban J connectivity index is 1.30. The molecule has 0 aliphatic heterocycles. The van der Waals surface area contributed by atoms with Crippen molar-refractivity contribution >= 4 is 27.9 Å². The maximum atomic E-state index is 11.0. The highest BCUT2D eigenvalue weighted by Crippen LogP contribution is 2.27. The fourth-order valence-electron chi connectivity index (χ4n) is 5.18. The third-order valence-electron chi connectivity index (χ3n) is 7.80. The van der Waals surface area contributed by atoms with Crippen molar-refractivity contribution < 1.29 is 10.2 Å². The second-order valence-corrected chi connectivity index (χ2v) is 12.1. The Bertz CT molecular complexity index is 1510. The molecule has 0 amide bonds. The van der Waals surface area contributed by atoms with Gasteiger partial charge in [-0.25, -0.2) is 15.0 Å². The zero-order chi connectivity index (χ0) is 29.7. The minimum atomic E-state index is -1.18. The molecule has 9 heteroatoms. The summed E-state index contributed by atoms with van der Waals surface area (Å²) < 4.78 is 1.84. The van der Waals surface area contributed by atoms with E-state index in [1.807, 2.05) is 23.8 Å². The summed E-state index contributed by atoms with van der Waals surface area (Å²) in [7, 11) is 0. The van der Waals surface area contributed by atoms with Crippen LogP contribution in [0.5, 0.6) is 0 Å². The lowest BCUT2D eigenvalue weighted by molar-refractivity contribution is 0.0165. The monoisotopic (exact) mass is 559 g/mol. The molecule has 0 aliphatic carbocycles. The zero-order valence-corrected chi connectivity index (χ0v) is 25.2. The summed E-state index contributed by atoms with van der Waals surface area (Å²) in [5, 5.41) is 22.4. The summed E-state index contributed by atoms with van der Waals surface area (Å²) in [6, 6.07) is 8.23. The number of unbranched alkanes of at least 4 members (excludes halogenated alkanes) is 1. The van der Waals surface area contributed by atoms with Crippen molar-refractivity contribution in [3.63, 3.8) is 0 Å². The second-order valence-electron chi connectivity index (χ2n) is 12.1. The second kappa shape index (κ2) is 13.0. The predicted octanol–water partition coefficient (Wildman–Crippen LogP) is 4.60. The molecule has 0 radical (unpaired) electrons. The molecule has 3 atom stereocenters. The van der Waals surface area contributed by atoms with Crippen LogP contribution < -0.4 is 5.73 Å². The highest BCUT2D eigenvalue weighted by atomic mass is 16.3. The van der Waals surface area contributed by atoms with Gasteiger partial charge < -0.3 is 25.5 Å². The topological polar surface area (TPSA) is 129 Å². The van der Waals surface area contributed by atoms with Gasteiger partial charge >= 0.3 is 0 Å². The van der Waals surface area contributed by atoms with Crippen molar-refractivity contribution in [1.29, 1.82) is 0 Å². The number of aliphatic hydroxyl groups excluding tert-OH is 2. The first-order chi connectivity index (χ1) is 19.5. The van der Waals surface area contributed by atoms with Crippen LogP contribution in [0.4, 0.5) is 5.82 Å². The van der Waals surface area contributed by atoms with Gasteiger partial charge in [0, 0.05) is 18.7 Å². The van der Waals surface area contributed by atoms with E-state index in [-0.39, 0.29) is 5.41 Å². The lowest BCUT2D eigenvalue weighted by Gasteiger charge is -2.26. The SMILES string of the molecule is CCC([C@H](O)[C@H](O)C#CCN(CCCCc1nc2ccc(C(C)(C)C)cc2[nH]1)C(C)C)n1ccc2c(N)ncnc21. The fourth-order valence-corrected chi connectivity index (χ4v) is 5.18. The molecule has 4 rings (SSSR count). The van der Waals surface area contributed by atoms with Gasteiger partial charge in [0.2, 0.25) is 0 Å². The van der Waals surface area contributed by atoms with E-state index in [0.29, 0.717) is 30.5 Å². The molecule has 0 spiro atoms. The first kappa shape index (κ1) is 30.5. The van der Waals surface area contributed by atoms with E-state index in [4.69, 9.17) is 10.7 Å². The van der Waals surface area contributed by atoms with Crippen molar-refractivity contribution in [1.82, 2.24) is 29.4 Å². The summed E-state index contributed by atoms with van der Waals surface area (Å²) in [4.78, 5) is 18.9. The van der Waals surface area contributed by atoms with Crippen LogP contribution in [0.25, 0.3) is 22.1 Å². The van der Waals surface area contributed by atoms with Crippen molar-refractivity contribution in [2.45, 2.75) is 96.9 Å². The third-order valence-corrected chi connectivity index (χ3v) is 7.80. The minimum absolute atomic E-state index is 0.108. The van der Waals surface area contributed by atoms with Crippen molar-refractivity contribution in [3.05, 3.63) is 48.2 Å². The molecular weight excluding hydrogens is 514 g/mol. The van der Waals surface area contributed by atoms with Crippen LogP contribution in [0.2, 0.25) is 0 Å². The quantitative estimate of drug-likeness (QED) is 0.156. The average molecular weight is 560 g/mol. The maximum absolute atomic E-state index is 11.0. The molecule has 3 heterocycles. The van der Waals surface area contributed by atoms with Gasteiger partial charge in [-0.2, -0.15) is 0 Å². The molecule has 3 aromatic heterocycles. The van der Waals surface area contributed by atoms with Crippen LogP contribution in [-0.2, 0) is 11.8 Å². The molecule has 1 aromatic carbocycles. The number of anilines is 1. The number of aromatic nitrogens is 5. The smallest absolute Gasteiger partial charge is 0.145 e. The van der Waals surface area contributed by atoms with Gasteiger partial charge in [0.25, 0.3) is 0 Å². The van der Waals surface area contributed by atoms with Gasteiger partial charge in [0.1, 0.15) is 35.8 Å². The number of benzene rings is 1. The maximum Gasteiger partial charge on any atom is 0.145 e. The molecule has 5 N–H and O–H groups in total. The number of hydrogen-bond donors (Lipinski definition) is 4. The number of nitrogens with two attached hydrogens (primary N) is 1. The number of nitrogen functional groups attached to an aromatic ring is 1. The normalized spacial score (nSPS) is 14.5. The van der Waals surface area contributed by atoms with Gasteiger partial charge in [0.15, 0.2) is 0 Å². The first-order valence-corrected chi connectivity index (χ1v) is 14.6. The van der Waals surface area contributed by atoms with Crippen LogP contribution in [0.1, 0.15) is 78.2 Å². The number of aromatic amines is 1. The van der Waals surface area contributed by atoms with Gasteiger partial charge in [0.05, 0.1) is 29.0 Å². The van der Waals surface area contributed by atoms with Gasteiger partial charge in [-0.1, -0.05) is 45.6 Å². The van der Waals surface area contributed by atoms with E-state index in [1.165, 1.54) is 11.9 Å². The van der Waals surface area contributed by atoms with E-state index < -0.39 is 18.2 Å². The zero-order valence-electron chi connectivity index (χ0n) is 25.2. The third kappa shape index (κ3) is 7.25. The summed E-state index contributed by atoms with van der Waals surface area (Å²) in [5.41, 5.74) is 10.1. The van der Waals surface area contributed by atoms with E-state index in [9.17, 15) is 10.2 Å². The first-order valence-electron chi connectivity index (χ1n) is 14.6. The number of imidazole rings is 1. The highest BCUT2D eigenvalue weighted by molar-refractivity contribution is 5.86. The number of fused-ring (bicyclic) bond motifs is 2. The number of aryl methyl sites for hydroxylation is 1. The van der Waals surface area contributed by atoms with E-state index in [1.54, 1.807) is 0 Å². The van der Waals surface area contributed by atoms with Crippen LogP contribution >= 0.6 is 0 Å². The molecule has 1 unspecified atom stereocenters. The Morgan fingerprint density at radius 3 is 2.61 bits per heavy atom. The lowest BCUT2D eigenvalue weighted by Crippen LogP contribution is -2.35. The molecule has 41 heavy (non-hydrogen) atoms. The number of aliphatic hydroxyl groups is 2. The molecule has 0 saturated carbocycles. The van der Waals surface area contributed by atoms with Crippen molar-refractivity contribution in [2.75, 3.05) is 18.8 Å². The standard InChI is InChI=1S/C32H45N7O2/c1-7-26(39-18-15-23-30(33)34-20-35-31(23)39)29(41)27(40)11-10-17-38(21(2)3)16-9-8-12-28-36-24-14-13-22(32(4,5)6)19-25(24)37-28/h13-15,18-21,26-27,29,40-41H,7-9,12,16-17H2,1-6H3,(H,36,37)(H2,33,34,35)/t26?,27-,29+/m1/s1. The highest BCUT2D eigenvalue weighted by Gasteiger charge is 2.27. The molecule has 0 aliphatic rings. The minimum Gasteiger partial charge on any atom is -0.387 e. The largest absolute Gasteiger partial charge is 0.387 e. The van der Waals surface area contributed by atoms with Crippen molar-refractivity contribution in [2.24, 2.45) is 0 Å². The Hall–Kier alpha value is -3.45. The van der Waals surface area contributed by atoms with Gasteiger partial charge in [-0.3, -0.25) is 4.90 Å². The molecule has 4 aromatic rings. The average Bonchev–Trinajstić information content (AvgIpc) is 3.54. The Morgan fingerprint density at radius 1 is 1.12 bits per heavy atom. The number of H-pyrrole nitrogens is 1. The van der Waals surface area contributed by atoms with Crippen molar-refractivity contribution in [3.8, 4) is 11.8 Å².